The van der Waals surface area contributed by atoms with Gasteiger partial charge in [0, 0.05) is 28.4 Å². The fourth-order valence-corrected chi connectivity index (χ4v) is 2.61. The number of halogens is 2. The molecule has 0 aliphatic carbocycles. The van der Waals surface area contributed by atoms with Crippen LogP contribution in [0.1, 0.15) is 6.42 Å². The molecule has 3 N–H and O–H groups in total. The molecule has 0 spiro atoms. The Bertz CT molecular complexity index is 649. The molecule has 0 fully saturated rings. The van der Waals surface area contributed by atoms with Gasteiger partial charge in [0.15, 0.2) is 0 Å². The quantitative estimate of drug-likeness (QED) is 0.654. The van der Waals surface area contributed by atoms with Gasteiger partial charge in [0.25, 0.3) is 0 Å². The molecule has 0 aromatic heterocycles. The van der Waals surface area contributed by atoms with Gasteiger partial charge in [0.2, 0.25) is 5.91 Å². The SMILES string of the molecule is Nc1ccc(F)cc1SCCC(=O)Nc1cccc(F)c1. The maximum atomic E-state index is 13.1. The van der Waals surface area contributed by atoms with Crippen molar-refractivity contribution in [2.45, 2.75) is 11.3 Å². The Balaban J connectivity index is 1.83. The molecule has 6 heteroatoms. The highest BCUT2D eigenvalue weighted by atomic mass is 32.2. The van der Waals surface area contributed by atoms with Crippen molar-refractivity contribution in [2.24, 2.45) is 0 Å². The zero-order chi connectivity index (χ0) is 15.2. The molecule has 0 aliphatic rings. The number of nitrogens with two attached hydrogens (primary N) is 1. The van der Waals surface area contributed by atoms with Gasteiger partial charge in [-0.05, 0) is 36.4 Å². The summed E-state index contributed by atoms with van der Waals surface area (Å²) in [7, 11) is 0. The molecule has 0 radical (unpaired) electrons. The lowest BCUT2D eigenvalue weighted by Gasteiger charge is -2.07. The van der Waals surface area contributed by atoms with Gasteiger partial charge < -0.3 is 11.1 Å². The minimum absolute atomic E-state index is 0.219. The van der Waals surface area contributed by atoms with Crippen molar-refractivity contribution in [1.82, 2.24) is 0 Å². The van der Waals surface area contributed by atoms with E-state index in [1.54, 1.807) is 6.07 Å². The third-order valence-corrected chi connectivity index (χ3v) is 3.74. The molecule has 0 saturated heterocycles. The number of amides is 1. The lowest BCUT2D eigenvalue weighted by molar-refractivity contribution is -0.115. The van der Waals surface area contributed by atoms with E-state index in [9.17, 15) is 13.6 Å². The highest BCUT2D eigenvalue weighted by Crippen LogP contribution is 2.26. The van der Waals surface area contributed by atoms with E-state index in [0.29, 0.717) is 22.0 Å². The second-order valence-electron chi connectivity index (χ2n) is 4.34. The predicted molar refractivity (Wildman–Crippen MR) is 81.2 cm³/mol. The monoisotopic (exact) mass is 308 g/mol. The summed E-state index contributed by atoms with van der Waals surface area (Å²) in [5.74, 6) is -0.553. The van der Waals surface area contributed by atoms with E-state index < -0.39 is 5.82 Å². The Morgan fingerprint density at radius 2 is 1.90 bits per heavy atom. The molecule has 21 heavy (non-hydrogen) atoms. The molecule has 0 saturated carbocycles. The molecular weight excluding hydrogens is 294 g/mol. The normalized spacial score (nSPS) is 10.4. The van der Waals surface area contributed by atoms with Crippen molar-refractivity contribution in [3.8, 4) is 0 Å². The first-order valence-corrected chi connectivity index (χ1v) is 7.26. The van der Waals surface area contributed by atoms with Crippen molar-refractivity contribution < 1.29 is 13.6 Å². The molecule has 1 amide bonds. The molecule has 110 valence electrons. The smallest absolute Gasteiger partial charge is 0.225 e. The average Bonchev–Trinajstić information content (AvgIpc) is 2.42. The van der Waals surface area contributed by atoms with E-state index in [2.05, 4.69) is 5.32 Å². The van der Waals surface area contributed by atoms with E-state index in [4.69, 9.17) is 5.73 Å². The Labute approximate surface area is 125 Å². The lowest BCUT2D eigenvalue weighted by atomic mass is 10.3. The molecule has 2 aromatic rings. The number of nitrogens with one attached hydrogen (secondary N) is 1. The summed E-state index contributed by atoms with van der Waals surface area (Å²) in [5, 5.41) is 2.60. The summed E-state index contributed by atoms with van der Waals surface area (Å²) in [6.07, 6.45) is 0.219. The third-order valence-electron chi connectivity index (χ3n) is 2.67. The van der Waals surface area contributed by atoms with Crippen LogP contribution in [0, 0.1) is 11.6 Å². The zero-order valence-electron chi connectivity index (χ0n) is 11.1. The van der Waals surface area contributed by atoms with Crippen LogP contribution in [0.3, 0.4) is 0 Å². The second-order valence-corrected chi connectivity index (χ2v) is 5.48. The van der Waals surface area contributed by atoms with Crippen LogP contribution in [0.25, 0.3) is 0 Å². The van der Waals surface area contributed by atoms with E-state index in [1.165, 1.54) is 48.2 Å². The average molecular weight is 308 g/mol. The highest BCUT2D eigenvalue weighted by molar-refractivity contribution is 7.99. The van der Waals surface area contributed by atoms with Crippen LogP contribution in [0.15, 0.2) is 47.4 Å². The molecular formula is C15H14F2N2OS. The molecule has 2 rings (SSSR count). The van der Waals surface area contributed by atoms with Crippen LogP contribution in [0.5, 0.6) is 0 Å². The minimum Gasteiger partial charge on any atom is -0.398 e. The van der Waals surface area contributed by atoms with E-state index >= 15 is 0 Å². The van der Waals surface area contributed by atoms with Crippen LogP contribution < -0.4 is 11.1 Å². The van der Waals surface area contributed by atoms with E-state index in [0.717, 1.165) is 0 Å². The number of anilines is 2. The Hall–Kier alpha value is -2.08. The Kier molecular flexibility index (Phi) is 5.16. The summed E-state index contributed by atoms with van der Waals surface area (Å²) in [6.45, 7) is 0. The molecule has 3 nitrogen and oxygen atoms in total. The standard InChI is InChI=1S/C15H14F2N2OS/c16-10-2-1-3-12(8-10)19-15(20)6-7-21-14-9-11(17)4-5-13(14)18/h1-5,8-9H,6-7,18H2,(H,19,20). The van der Waals surface area contributed by atoms with Gasteiger partial charge in [-0.25, -0.2) is 8.78 Å². The first-order valence-electron chi connectivity index (χ1n) is 6.28. The zero-order valence-corrected chi connectivity index (χ0v) is 11.9. The number of hydrogen-bond acceptors (Lipinski definition) is 3. The first kappa shape index (κ1) is 15.3. The number of rotatable bonds is 5. The van der Waals surface area contributed by atoms with Crippen LogP contribution in [0.2, 0.25) is 0 Å². The Morgan fingerprint density at radius 1 is 1.14 bits per heavy atom. The van der Waals surface area contributed by atoms with Crippen molar-refractivity contribution in [3.63, 3.8) is 0 Å². The van der Waals surface area contributed by atoms with Gasteiger partial charge in [-0.1, -0.05) is 6.07 Å². The molecule has 2 aromatic carbocycles. The number of benzene rings is 2. The van der Waals surface area contributed by atoms with Gasteiger partial charge >= 0.3 is 0 Å². The first-order chi connectivity index (χ1) is 10.0. The number of carbonyl (C=O) groups excluding carboxylic acids is 1. The van der Waals surface area contributed by atoms with Crippen LogP contribution in [-0.2, 0) is 4.79 Å². The van der Waals surface area contributed by atoms with Gasteiger partial charge in [-0.15, -0.1) is 11.8 Å². The van der Waals surface area contributed by atoms with Crippen molar-refractivity contribution >= 4 is 29.0 Å². The third kappa shape index (κ3) is 4.75. The fraction of sp³-hybridized carbons (Fsp3) is 0.133. The number of hydrogen-bond donors (Lipinski definition) is 2. The van der Waals surface area contributed by atoms with Crippen molar-refractivity contribution in [1.29, 1.82) is 0 Å². The number of nitrogen functional groups attached to an aromatic ring is 1. The largest absolute Gasteiger partial charge is 0.398 e. The van der Waals surface area contributed by atoms with Crippen molar-refractivity contribution in [2.75, 3.05) is 16.8 Å². The molecule has 0 bridgehead atoms. The number of carbonyl (C=O) groups is 1. The van der Waals surface area contributed by atoms with Crippen LogP contribution in [-0.4, -0.2) is 11.7 Å². The highest BCUT2D eigenvalue weighted by Gasteiger charge is 2.06. The minimum atomic E-state index is -0.408. The van der Waals surface area contributed by atoms with Gasteiger partial charge in [-0.2, -0.15) is 0 Å². The second kappa shape index (κ2) is 7.08. The summed E-state index contributed by atoms with van der Waals surface area (Å²) in [4.78, 5) is 12.3. The Morgan fingerprint density at radius 3 is 2.67 bits per heavy atom. The van der Waals surface area contributed by atoms with Gasteiger partial charge in [0.1, 0.15) is 11.6 Å². The van der Waals surface area contributed by atoms with Gasteiger partial charge in [-0.3, -0.25) is 4.79 Å². The fourth-order valence-electron chi connectivity index (χ4n) is 1.68. The van der Waals surface area contributed by atoms with E-state index in [1.807, 2.05) is 0 Å². The topological polar surface area (TPSA) is 55.1 Å². The maximum absolute atomic E-state index is 13.1. The summed E-state index contributed by atoms with van der Waals surface area (Å²) >= 11 is 1.30. The van der Waals surface area contributed by atoms with Crippen LogP contribution >= 0.6 is 11.8 Å². The van der Waals surface area contributed by atoms with E-state index in [-0.39, 0.29) is 18.1 Å². The summed E-state index contributed by atoms with van der Waals surface area (Å²) in [6, 6.07) is 9.80. The van der Waals surface area contributed by atoms with Gasteiger partial charge in [0.05, 0.1) is 0 Å². The molecule has 0 atom stereocenters. The lowest BCUT2D eigenvalue weighted by Crippen LogP contribution is -2.12. The summed E-state index contributed by atoms with van der Waals surface area (Å²) < 4.78 is 26.0. The van der Waals surface area contributed by atoms with Crippen molar-refractivity contribution in [3.05, 3.63) is 54.1 Å². The van der Waals surface area contributed by atoms with Crippen LogP contribution in [0.4, 0.5) is 20.2 Å². The molecule has 0 aliphatic heterocycles. The molecule has 0 unspecified atom stereocenters. The molecule has 0 heterocycles. The maximum Gasteiger partial charge on any atom is 0.225 e. The summed E-state index contributed by atoms with van der Waals surface area (Å²) in [5.41, 5.74) is 6.61. The number of thioether (sulfide) groups is 1. The predicted octanol–water partition coefficient (Wildman–Crippen LogP) is 3.67.